The van der Waals surface area contributed by atoms with Crippen molar-refractivity contribution in [2.75, 3.05) is 27.3 Å². The van der Waals surface area contributed by atoms with Crippen LogP contribution in [-0.2, 0) is 16.8 Å². The fourth-order valence-electron chi connectivity index (χ4n) is 5.68. The Morgan fingerprint density at radius 3 is 2.55 bits per heavy atom. The van der Waals surface area contributed by atoms with Gasteiger partial charge in [0.2, 0.25) is 0 Å². The SMILES string of the molecule is CCCCNC(=S)N[C@@H]1CC[C@@]2(c3ccc(OC)c(OC)c3)CCN(Cc3ccsc3)[C@H]2C1.O=C(O)C(F)(F)F. The summed E-state index contributed by atoms with van der Waals surface area (Å²) >= 11 is 7.39. The molecule has 3 N–H and O–H groups in total. The maximum absolute atomic E-state index is 10.6. The first kappa shape index (κ1) is 32.0. The van der Waals surface area contributed by atoms with Crippen LogP contribution in [0.4, 0.5) is 13.2 Å². The van der Waals surface area contributed by atoms with E-state index in [2.05, 4.69) is 57.5 Å². The maximum Gasteiger partial charge on any atom is 0.490 e. The van der Waals surface area contributed by atoms with Crippen molar-refractivity contribution >= 4 is 34.6 Å². The van der Waals surface area contributed by atoms with E-state index < -0.39 is 12.1 Å². The van der Waals surface area contributed by atoms with Gasteiger partial charge in [0, 0.05) is 30.6 Å². The summed E-state index contributed by atoms with van der Waals surface area (Å²) in [6.07, 6.45) is 1.75. The van der Waals surface area contributed by atoms with E-state index in [1.165, 1.54) is 24.0 Å². The summed E-state index contributed by atoms with van der Waals surface area (Å²) in [5, 5.41) is 19.4. The van der Waals surface area contributed by atoms with Crippen molar-refractivity contribution in [3.05, 3.63) is 46.2 Å². The molecule has 1 aromatic heterocycles. The third kappa shape index (κ3) is 8.01. The van der Waals surface area contributed by atoms with Gasteiger partial charge in [0.05, 0.1) is 14.2 Å². The number of halogens is 3. The molecule has 0 bridgehead atoms. The van der Waals surface area contributed by atoms with Crippen LogP contribution >= 0.6 is 23.6 Å². The Balaban J connectivity index is 0.000000559. The normalized spacial score (nSPS) is 22.4. The average molecular weight is 602 g/mol. The highest BCUT2D eigenvalue weighted by atomic mass is 32.1. The highest BCUT2D eigenvalue weighted by Gasteiger charge is 2.51. The van der Waals surface area contributed by atoms with Crippen molar-refractivity contribution in [1.82, 2.24) is 15.5 Å². The lowest BCUT2D eigenvalue weighted by Crippen LogP contribution is -2.53. The summed E-state index contributed by atoms with van der Waals surface area (Å²) in [6.45, 7) is 5.27. The first-order valence-corrected chi connectivity index (χ1v) is 14.7. The molecule has 2 fully saturated rings. The van der Waals surface area contributed by atoms with E-state index in [9.17, 15) is 13.2 Å². The zero-order chi connectivity index (χ0) is 29.3. The number of fused-ring (bicyclic) bond motifs is 1. The lowest BCUT2D eigenvalue weighted by Gasteiger charge is -2.46. The first-order chi connectivity index (χ1) is 19.0. The average Bonchev–Trinajstić information content (AvgIpc) is 3.57. The van der Waals surface area contributed by atoms with Gasteiger partial charge in [-0.05, 0) is 91.0 Å². The molecule has 0 radical (unpaired) electrons. The smallest absolute Gasteiger partial charge is 0.490 e. The monoisotopic (exact) mass is 601 g/mol. The second kappa shape index (κ2) is 14.4. The van der Waals surface area contributed by atoms with Gasteiger partial charge in [-0.15, -0.1) is 0 Å². The zero-order valence-corrected chi connectivity index (χ0v) is 24.7. The molecule has 2 aliphatic rings. The summed E-state index contributed by atoms with van der Waals surface area (Å²) in [4.78, 5) is 11.6. The van der Waals surface area contributed by atoms with Gasteiger partial charge in [-0.2, -0.15) is 24.5 Å². The number of hydrogen-bond donors (Lipinski definition) is 3. The molecule has 1 saturated carbocycles. The molecule has 0 unspecified atom stereocenters. The van der Waals surface area contributed by atoms with Gasteiger partial charge >= 0.3 is 12.1 Å². The summed E-state index contributed by atoms with van der Waals surface area (Å²) in [5.74, 6) is -1.14. The Bertz CT molecular complexity index is 1120. The minimum absolute atomic E-state index is 0.130. The van der Waals surface area contributed by atoms with Crippen LogP contribution in [0.25, 0.3) is 0 Å². The number of carbonyl (C=O) groups is 1. The number of thiophene rings is 1. The number of ether oxygens (including phenoxy) is 2. The molecule has 4 rings (SSSR count). The molecule has 222 valence electrons. The second-order valence-corrected chi connectivity index (χ2v) is 11.3. The van der Waals surface area contributed by atoms with E-state index in [4.69, 9.17) is 31.6 Å². The number of alkyl halides is 3. The van der Waals surface area contributed by atoms with E-state index in [0.717, 1.165) is 61.9 Å². The van der Waals surface area contributed by atoms with Crippen molar-refractivity contribution in [3.63, 3.8) is 0 Å². The summed E-state index contributed by atoms with van der Waals surface area (Å²) in [6, 6.07) is 9.65. The molecular formula is C28H38F3N3O4S2. The van der Waals surface area contributed by atoms with Crippen molar-refractivity contribution in [1.29, 1.82) is 0 Å². The fraction of sp³-hybridized carbons (Fsp3) is 0.571. The number of carboxylic acid groups (broad SMARTS) is 1. The van der Waals surface area contributed by atoms with E-state index in [1.54, 1.807) is 25.6 Å². The van der Waals surface area contributed by atoms with Crippen LogP contribution in [0.15, 0.2) is 35.0 Å². The number of nitrogens with one attached hydrogen (secondary N) is 2. The summed E-state index contributed by atoms with van der Waals surface area (Å²) in [7, 11) is 3.42. The summed E-state index contributed by atoms with van der Waals surface area (Å²) in [5.41, 5.74) is 2.92. The van der Waals surface area contributed by atoms with Crippen LogP contribution in [0.2, 0.25) is 0 Å². The Morgan fingerprint density at radius 2 is 1.95 bits per heavy atom. The number of benzene rings is 1. The molecule has 1 aromatic carbocycles. The third-order valence-corrected chi connectivity index (χ3v) is 8.68. The number of hydrogen-bond acceptors (Lipinski definition) is 6. The molecule has 2 heterocycles. The number of likely N-dealkylation sites (tertiary alicyclic amines) is 1. The van der Waals surface area contributed by atoms with Crippen molar-refractivity contribution in [3.8, 4) is 11.5 Å². The Hall–Kier alpha value is -2.57. The molecule has 0 spiro atoms. The van der Waals surface area contributed by atoms with E-state index in [0.29, 0.717) is 12.1 Å². The standard InChI is InChI=1S/C26H37N3O2S2.C2HF3O2/c1-4-5-12-27-25(32)28-21-8-10-26(20-6-7-22(30-2)23(15-20)31-3)11-13-29(24(26)16-21)17-19-9-14-33-18-19;3-2(4,5)1(6)7/h6-7,9,14-15,18,21,24H,4-5,8,10-13,16-17H2,1-3H3,(H2,27,28,32);(H,6,7)/t21-,24+,26+;/m1./s1. The number of unbranched alkanes of at least 4 members (excludes halogenated alkanes) is 1. The van der Waals surface area contributed by atoms with Gasteiger partial charge in [-0.1, -0.05) is 19.4 Å². The van der Waals surface area contributed by atoms with Gasteiger partial charge in [0.15, 0.2) is 16.6 Å². The number of aliphatic carboxylic acids is 1. The van der Waals surface area contributed by atoms with Gasteiger partial charge in [-0.3, -0.25) is 4.90 Å². The largest absolute Gasteiger partial charge is 0.493 e. The fourth-order valence-corrected chi connectivity index (χ4v) is 6.61. The molecule has 3 atom stereocenters. The molecule has 7 nitrogen and oxygen atoms in total. The Kier molecular flexibility index (Phi) is 11.5. The molecular weight excluding hydrogens is 563 g/mol. The lowest BCUT2D eigenvalue weighted by atomic mass is 9.65. The van der Waals surface area contributed by atoms with Crippen molar-refractivity contribution < 1.29 is 32.5 Å². The highest BCUT2D eigenvalue weighted by Crippen LogP contribution is 2.50. The van der Waals surface area contributed by atoms with Gasteiger partial charge in [0.1, 0.15) is 0 Å². The number of carboxylic acids is 1. The molecule has 1 aliphatic heterocycles. The molecule has 2 aromatic rings. The van der Waals surface area contributed by atoms with Crippen LogP contribution < -0.4 is 20.1 Å². The van der Waals surface area contributed by atoms with Gasteiger partial charge < -0.3 is 25.2 Å². The molecule has 40 heavy (non-hydrogen) atoms. The van der Waals surface area contributed by atoms with Crippen LogP contribution in [0.3, 0.4) is 0 Å². The molecule has 0 amide bonds. The van der Waals surface area contributed by atoms with Crippen molar-refractivity contribution in [2.24, 2.45) is 0 Å². The van der Waals surface area contributed by atoms with Gasteiger partial charge in [-0.25, -0.2) is 4.79 Å². The minimum atomic E-state index is -5.08. The number of rotatable bonds is 9. The predicted octanol–water partition coefficient (Wildman–Crippen LogP) is 5.73. The number of nitrogens with zero attached hydrogens (tertiary/aromatic N) is 1. The second-order valence-electron chi connectivity index (χ2n) is 10.1. The quantitative estimate of drug-likeness (QED) is 0.249. The van der Waals surface area contributed by atoms with E-state index in [1.807, 2.05) is 0 Å². The van der Waals surface area contributed by atoms with Gasteiger partial charge in [0.25, 0.3) is 0 Å². The van der Waals surface area contributed by atoms with Crippen LogP contribution in [0.1, 0.15) is 56.6 Å². The van der Waals surface area contributed by atoms with E-state index >= 15 is 0 Å². The highest BCUT2D eigenvalue weighted by molar-refractivity contribution is 7.80. The number of thiocarbonyl (C=S) groups is 1. The molecule has 1 saturated heterocycles. The number of methoxy groups -OCH3 is 2. The van der Waals surface area contributed by atoms with Crippen molar-refractivity contribution in [2.45, 2.75) is 75.7 Å². The minimum Gasteiger partial charge on any atom is -0.493 e. The first-order valence-electron chi connectivity index (χ1n) is 13.4. The Morgan fingerprint density at radius 1 is 1.23 bits per heavy atom. The third-order valence-electron chi connectivity index (χ3n) is 7.69. The van der Waals surface area contributed by atoms with Crippen LogP contribution in [-0.4, -0.2) is 66.7 Å². The maximum atomic E-state index is 10.6. The predicted molar refractivity (Wildman–Crippen MR) is 154 cm³/mol. The lowest BCUT2D eigenvalue weighted by molar-refractivity contribution is -0.192. The van der Waals surface area contributed by atoms with E-state index in [-0.39, 0.29) is 5.41 Å². The molecule has 12 heteroatoms. The van der Waals surface area contributed by atoms with Crippen LogP contribution in [0, 0.1) is 0 Å². The topological polar surface area (TPSA) is 83.1 Å². The van der Waals surface area contributed by atoms with Crippen LogP contribution in [0.5, 0.6) is 11.5 Å². The zero-order valence-electron chi connectivity index (χ0n) is 23.1. The summed E-state index contributed by atoms with van der Waals surface area (Å²) < 4.78 is 42.9. The molecule has 1 aliphatic carbocycles. The Labute approximate surface area is 243 Å².